The fourth-order valence-corrected chi connectivity index (χ4v) is 11.1. The van der Waals surface area contributed by atoms with E-state index >= 15 is 0 Å². The average molecular weight is 837 g/mol. The first-order valence-corrected chi connectivity index (χ1v) is 22.8. The van der Waals surface area contributed by atoms with Crippen LogP contribution in [-0.4, -0.2) is 9.13 Å². The van der Waals surface area contributed by atoms with Gasteiger partial charge >= 0.3 is 0 Å². The van der Waals surface area contributed by atoms with Gasteiger partial charge in [-0.2, -0.15) is 0 Å². The van der Waals surface area contributed by atoms with Gasteiger partial charge in [-0.05, 0) is 138 Å². The summed E-state index contributed by atoms with van der Waals surface area (Å²) in [7, 11) is 0. The molecule has 66 heavy (non-hydrogen) atoms. The van der Waals surface area contributed by atoms with Crippen molar-refractivity contribution in [3.63, 3.8) is 0 Å². The van der Waals surface area contributed by atoms with Crippen LogP contribution >= 0.6 is 0 Å². The van der Waals surface area contributed by atoms with Gasteiger partial charge in [0.1, 0.15) is 0 Å². The lowest BCUT2D eigenvalue weighted by Crippen LogP contribution is -1.96. The molecule has 0 saturated carbocycles. The lowest BCUT2D eigenvalue weighted by atomic mass is 9.90. The third-order valence-electron chi connectivity index (χ3n) is 14.0. The van der Waals surface area contributed by atoms with E-state index in [9.17, 15) is 0 Å². The molecule has 12 aromatic carbocycles. The van der Waals surface area contributed by atoms with Crippen LogP contribution in [0.15, 0.2) is 243 Å². The van der Waals surface area contributed by atoms with Crippen molar-refractivity contribution in [2.75, 3.05) is 0 Å². The molecule has 0 unspecified atom stereocenters. The quantitative estimate of drug-likeness (QED) is 0.142. The van der Waals surface area contributed by atoms with E-state index in [4.69, 9.17) is 0 Å². The van der Waals surface area contributed by atoms with E-state index in [-0.39, 0.29) is 0 Å². The van der Waals surface area contributed by atoms with Gasteiger partial charge in [-0.1, -0.05) is 182 Å². The molecule has 14 aromatic rings. The SMILES string of the molecule is c1ccc(-c2cc(-c3ccccc3)cc(-n3c4cccc5ccc6c(-c7ccc8c9c7ccc7cccc(c79)n8-c7cc(-c8ccccc8)cc(-c8ccccc8)c7)ccc3c6c54)c2)cc1. The van der Waals surface area contributed by atoms with Crippen molar-refractivity contribution in [2.45, 2.75) is 0 Å². The summed E-state index contributed by atoms with van der Waals surface area (Å²) in [5.41, 5.74) is 19.2. The normalized spacial score (nSPS) is 11.9. The van der Waals surface area contributed by atoms with Crippen molar-refractivity contribution in [1.82, 2.24) is 9.13 Å². The van der Waals surface area contributed by atoms with Gasteiger partial charge < -0.3 is 9.13 Å². The maximum atomic E-state index is 2.49. The Morgan fingerprint density at radius 2 is 0.545 bits per heavy atom. The maximum Gasteiger partial charge on any atom is 0.0547 e. The van der Waals surface area contributed by atoms with Crippen molar-refractivity contribution in [3.8, 4) is 67.0 Å². The molecule has 0 aliphatic heterocycles. The third kappa shape index (κ3) is 5.55. The Morgan fingerprint density at radius 3 is 0.894 bits per heavy atom. The first kappa shape index (κ1) is 36.7. The van der Waals surface area contributed by atoms with Gasteiger partial charge in [0.2, 0.25) is 0 Å². The summed E-state index contributed by atoms with van der Waals surface area (Å²) in [6.45, 7) is 0. The molecule has 0 amide bonds. The Bertz CT molecular complexity index is 3740. The second-order valence-corrected chi connectivity index (χ2v) is 17.7. The highest BCUT2D eigenvalue weighted by atomic mass is 15.0. The molecule has 0 N–H and O–H groups in total. The zero-order chi connectivity index (χ0) is 43.3. The Morgan fingerprint density at radius 1 is 0.212 bits per heavy atom. The first-order valence-electron chi connectivity index (χ1n) is 22.8. The molecule has 0 radical (unpaired) electrons. The lowest BCUT2D eigenvalue weighted by molar-refractivity contribution is 1.18. The van der Waals surface area contributed by atoms with Gasteiger partial charge in [0.25, 0.3) is 0 Å². The summed E-state index contributed by atoms with van der Waals surface area (Å²) in [4.78, 5) is 0. The van der Waals surface area contributed by atoms with Crippen LogP contribution < -0.4 is 0 Å². The molecule has 14 rings (SSSR count). The summed E-state index contributed by atoms with van der Waals surface area (Å²) < 4.78 is 4.99. The van der Waals surface area contributed by atoms with E-state index in [2.05, 4.69) is 252 Å². The number of hydrogen-bond acceptors (Lipinski definition) is 0. The fraction of sp³-hybridized carbons (Fsp3) is 0. The third-order valence-corrected chi connectivity index (χ3v) is 14.0. The van der Waals surface area contributed by atoms with Gasteiger partial charge in [0.05, 0.1) is 22.1 Å². The summed E-state index contributed by atoms with van der Waals surface area (Å²) in [6.07, 6.45) is 0. The molecule has 2 aromatic heterocycles. The van der Waals surface area contributed by atoms with E-state index in [0.29, 0.717) is 0 Å². The van der Waals surface area contributed by atoms with Crippen LogP contribution in [0.25, 0.3) is 132 Å². The fourth-order valence-electron chi connectivity index (χ4n) is 11.1. The van der Waals surface area contributed by atoms with Crippen LogP contribution in [-0.2, 0) is 0 Å². The number of aromatic nitrogens is 2. The number of hydrogen-bond donors (Lipinski definition) is 0. The molecular weight excluding hydrogens is 797 g/mol. The van der Waals surface area contributed by atoms with Crippen molar-refractivity contribution >= 4 is 65.2 Å². The van der Waals surface area contributed by atoms with E-state index in [1.54, 1.807) is 0 Å². The molecule has 2 heterocycles. The van der Waals surface area contributed by atoms with Gasteiger partial charge in [-0.25, -0.2) is 0 Å². The molecule has 2 heteroatoms. The van der Waals surface area contributed by atoms with Gasteiger partial charge in [0, 0.05) is 32.9 Å². The Labute approximate surface area is 382 Å². The number of benzene rings is 12. The van der Waals surface area contributed by atoms with Crippen molar-refractivity contribution in [3.05, 3.63) is 243 Å². The van der Waals surface area contributed by atoms with Crippen LogP contribution in [0.2, 0.25) is 0 Å². The van der Waals surface area contributed by atoms with E-state index in [1.807, 2.05) is 0 Å². The predicted octanol–water partition coefficient (Wildman–Crippen LogP) is 17.4. The molecule has 306 valence electrons. The molecule has 0 saturated heterocycles. The minimum atomic E-state index is 1.15. The first-order chi connectivity index (χ1) is 32.7. The molecule has 0 aliphatic rings. The monoisotopic (exact) mass is 836 g/mol. The molecule has 2 nitrogen and oxygen atoms in total. The minimum Gasteiger partial charge on any atom is -0.309 e. The molecule has 0 atom stereocenters. The summed E-state index contributed by atoms with van der Waals surface area (Å²) in [6, 6.07) is 89.5. The summed E-state index contributed by atoms with van der Waals surface area (Å²) in [5.74, 6) is 0. The Hall–Kier alpha value is -8.72. The zero-order valence-electron chi connectivity index (χ0n) is 36.0. The van der Waals surface area contributed by atoms with Crippen LogP contribution in [0.4, 0.5) is 0 Å². The largest absolute Gasteiger partial charge is 0.309 e. The van der Waals surface area contributed by atoms with Crippen LogP contribution in [0.3, 0.4) is 0 Å². The highest BCUT2D eigenvalue weighted by Crippen LogP contribution is 2.48. The van der Waals surface area contributed by atoms with Crippen LogP contribution in [0, 0.1) is 0 Å². The predicted molar refractivity (Wildman–Crippen MR) is 280 cm³/mol. The topological polar surface area (TPSA) is 9.86 Å². The molecule has 0 aliphatic carbocycles. The second kappa shape index (κ2) is 14.4. The standard InChI is InChI=1S/C64H40N2/c1-5-15-41(16-6-1)47-35-48(42-17-7-2-8-18-42)38-51(37-47)65-57-25-13-23-45-27-29-55-53(31-33-59(65)63(55)61(45)57)54-32-34-60-64-56(54)30-28-46-24-14-26-58(62(46)64)66(60)52-39-49(43-19-9-3-10-20-43)36-50(40-52)44-21-11-4-12-22-44/h1-40H. The highest BCUT2D eigenvalue weighted by Gasteiger charge is 2.24. The molecular formula is C64H40N2. The second-order valence-electron chi connectivity index (χ2n) is 17.7. The van der Waals surface area contributed by atoms with Crippen LogP contribution in [0.5, 0.6) is 0 Å². The van der Waals surface area contributed by atoms with Gasteiger partial charge in [-0.3, -0.25) is 0 Å². The Kier molecular flexibility index (Phi) is 8.02. The zero-order valence-corrected chi connectivity index (χ0v) is 36.0. The molecule has 0 fully saturated rings. The molecule has 0 spiro atoms. The number of rotatable bonds is 7. The van der Waals surface area contributed by atoms with Crippen LogP contribution in [0.1, 0.15) is 0 Å². The average Bonchev–Trinajstić information content (AvgIpc) is 3.93. The molecule has 0 bridgehead atoms. The van der Waals surface area contributed by atoms with E-state index < -0.39 is 0 Å². The van der Waals surface area contributed by atoms with Gasteiger partial charge in [0.15, 0.2) is 0 Å². The van der Waals surface area contributed by atoms with Crippen molar-refractivity contribution in [2.24, 2.45) is 0 Å². The van der Waals surface area contributed by atoms with E-state index in [0.717, 1.165) is 11.4 Å². The Balaban J connectivity index is 1.00. The summed E-state index contributed by atoms with van der Waals surface area (Å²) >= 11 is 0. The number of nitrogens with zero attached hydrogens (tertiary/aromatic N) is 2. The van der Waals surface area contributed by atoms with Gasteiger partial charge in [-0.15, -0.1) is 0 Å². The summed E-state index contributed by atoms with van der Waals surface area (Å²) in [5, 5.41) is 10.2. The van der Waals surface area contributed by atoms with Crippen molar-refractivity contribution < 1.29 is 0 Å². The van der Waals surface area contributed by atoms with E-state index in [1.165, 1.54) is 121 Å². The highest BCUT2D eigenvalue weighted by molar-refractivity contribution is 6.30. The smallest absolute Gasteiger partial charge is 0.0547 e. The maximum absolute atomic E-state index is 2.49. The minimum absolute atomic E-state index is 1.15. The van der Waals surface area contributed by atoms with Crippen molar-refractivity contribution in [1.29, 1.82) is 0 Å². The lowest BCUT2D eigenvalue weighted by Gasteiger charge is -2.15.